The summed E-state index contributed by atoms with van der Waals surface area (Å²) in [5.74, 6) is 0.702. The predicted molar refractivity (Wildman–Crippen MR) is 50.8 cm³/mol. The van der Waals surface area contributed by atoms with E-state index in [9.17, 15) is 0 Å². The number of nitrogens with zero attached hydrogens (tertiary/aromatic N) is 1. The maximum atomic E-state index is 8.77. The van der Waals surface area contributed by atoms with E-state index in [1.54, 1.807) is 0 Å². The molecule has 2 rings (SSSR count). The molecule has 1 aromatic rings. The van der Waals surface area contributed by atoms with Crippen molar-refractivity contribution in [1.82, 2.24) is 0 Å². The summed E-state index contributed by atoms with van der Waals surface area (Å²) in [4.78, 5) is 0. The lowest BCUT2D eigenvalue weighted by atomic mass is 10.1. The van der Waals surface area contributed by atoms with Gasteiger partial charge >= 0.3 is 0 Å². The molecule has 0 saturated heterocycles. The average molecular weight is 222 g/mol. The molecule has 1 aliphatic carbocycles. The van der Waals surface area contributed by atoms with Gasteiger partial charge in [0.25, 0.3) is 0 Å². The van der Waals surface area contributed by atoms with Gasteiger partial charge in [0, 0.05) is 4.47 Å². The largest absolute Gasteiger partial charge is 0.192 e. The third kappa shape index (κ3) is 1.25. The Kier molecular flexibility index (Phi) is 1.90. The number of rotatable bonds is 1. The summed E-state index contributed by atoms with van der Waals surface area (Å²) < 4.78 is 0.995. The molecule has 0 aliphatic heterocycles. The highest BCUT2D eigenvalue weighted by Crippen LogP contribution is 2.43. The van der Waals surface area contributed by atoms with Gasteiger partial charge in [-0.3, -0.25) is 0 Å². The molecule has 0 radical (unpaired) electrons. The molecule has 1 saturated carbocycles. The zero-order valence-corrected chi connectivity index (χ0v) is 8.13. The van der Waals surface area contributed by atoms with Crippen molar-refractivity contribution in [3.8, 4) is 6.07 Å². The summed E-state index contributed by atoms with van der Waals surface area (Å²) in [7, 11) is 0. The Balaban J connectivity index is 2.49. The Morgan fingerprint density at radius 3 is 2.75 bits per heavy atom. The minimum absolute atomic E-state index is 0.702. The summed E-state index contributed by atoms with van der Waals surface area (Å²) in [5, 5.41) is 8.77. The molecule has 1 aliphatic rings. The summed E-state index contributed by atoms with van der Waals surface area (Å²) in [6.07, 6.45) is 2.54. The van der Waals surface area contributed by atoms with Crippen LogP contribution in [-0.2, 0) is 0 Å². The first-order chi connectivity index (χ1) is 5.83. The molecule has 60 valence electrons. The Morgan fingerprint density at radius 1 is 1.42 bits per heavy atom. The van der Waals surface area contributed by atoms with Crippen molar-refractivity contribution >= 4 is 15.9 Å². The van der Waals surface area contributed by atoms with Gasteiger partial charge < -0.3 is 0 Å². The van der Waals surface area contributed by atoms with Crippen LogP contribution in [0.25, 0.3) is 0 Å². The Bertz CT molecular complexity index is 347. The van der Waals surface area contributed by atoms with Gasteiger partial charge in [0.1, 0.15) is 6.07 Å². The first kappa shape index (κ1) is 7.82. The number of benzene rings is 1. The summed E-state index contributed by atoms with van der Waals surface area (Å²) >= 11 is 3.46. The fourth-order valence-corrected chi connectivity index (χ4v) is 2.02. The molecule has 0 N–H and O–H groups in total. The average Bonchev–Trinajstić information content (AvgIpc) is 2.88. The molecule has 0 aromatic heterocycles. The van der Waals surface area contributed by atoms with Gasteiger partial charge in [-0.05, 0) is 46.3 Å². The Morgan fingerprint density at radius 2 is 2.17 bits per heavy atom. The van der Waals surface area contributed by atoms with Crippen LogP contribution in [0.2, 0.25) is 0 Å². The van der Waals surface area contributed by atoms with E-state index in [0.29, 0.717) is 5.92 Å². The molecular weight excluding hydrogens is 214 g/mol. The second-order valence-corrected chi connectivity index (χ2v) is 3.89. The van der Waals surface area contributed by atoms with Gasteiger partial charge in [0.2, 0.25) is 0 Å². The van der Waals surface area contributed by atoms with Gasteiger partial charge in [-0.2, -0.15) is 5.26 Å². The lowest BCUT2D eigenvalue weighted by Crippen LogP contribution is -1.85. The molecule has 1 fully saturated rings. The molecule has 0 amide bonds. The van der Waals surface area contributed by atoms with Crippen LogP contribution >= 0.6 is 15.9 Å². The van der Waals surface area contributed by atoms with E-state index in [4.69, 9.17) is 5.26 Å². The topological polar surface area (TPSA) is 23.8 Å². The molecule has 0 unspecified atom stereocenters. The third-order valence-electron chi connectivity index (χ3n) is 2.17. The Labute approximate surface area is 80.1 Å². The van der Waals surface area contributed by atoms with Crippen molar-refractivity contribution in [2.75, 3.05) is 0 Å². The predicted octanol–water partition coefficient (Wildman–Crippen LogP) is 3.20. The van der Waals surface area contributed by atoms with Crippen molar-refractivity contribution in [3.63, 3.8) is 0 Å². The highest BCUT2D eigenvalue weighted by molar-refractivity contribution is 9.10. The van der Waals surface area contributed by atoms with E-state index < -0.39 is 0 Å². The number of hydrogen-bond acceptors (Lipinski definition) is 1. The van der Waals surface area contributed by atoms with Gasteiger partial charge in [-0.1, -0.05) is 12.1 Å². The highest BCUT2D eigenvalue weighted by Gasteiger charge is 2.26. The van der Waals surface area contributed by atoms with E-state index in [1.807, 2.05) is 12.1 Å². The molecule has 0 heterocycles. The maximum Gasteiger partial charge on any atom is 0.100 e. The van der Waals surface area contributed by atoms with E-state index in [1.165, 1.54) is 18.4 Å². The van der Waals surface area contributed by atoms with Crippen LogP contribution in [-0.4, -0.2) is 0 Å². The Hall–Kier alpha value is -0.810. The quantitative estimate of drug-likeness (QED) is 0.715. The molecule has 1 aromatic carbocycles. The van der Waals surface area contributed by atoms with Crippen molar-refractivity contribution < 1.29 is 0 Å². The molecular formula is C10H8BrN. The first-order valence-corrected chi connectivity index (χ1v) is 4.80. The fourth-order valence-electron chi connectivity index (χ4n) is 1.35. The van der Waals surface area contributed by atoms with Crippen molar-refractivity contribution in [2.24, 2.45) is 0 Å². The van der Waals surface area contributed by atoms with Crippen molar-refractivity contribution in [1.29, 1.82) is 5.26 Å². The second kappa shape index (κ2) is 2.91. The van der Waals surface area contributed by atoms with Crippen LogP contribution in [0.1, 0.15) is 29.9 Å². The van der Waals surface area contributed by atoms with Gasteiger partial charge in [-0.15, -0.1) is 0 Å². The number of nitriles is 1. The standard InChI is InChI=1S/C10H8BrN/c11-10-8(6-12)2-1-3-9(10)7-4-5-7/h1-3,7H,4-5H2. The molecule has 2 heteroatoms. The van der Waals surface area contributed by atoms with Crippen LogP contribution in [0.4, 0.5) is 0 Å². The summed E-state index contributed by atoms with van der Waals surface area (Å²) in [5.41, 5.74) is 2.05. The van der Waals surface area contributed by atoms with Crippen molar-refractivity contribution in [2.45, 2.75) is 18.8 Å². The fraction of sp³-hybridized carbons (Fsp3) is 0.300. The smallest absolute Gasteiger partial charge is 0.100 e. The molecule has 12 heavy (non-hydrogen) atoms. The molecule has 0 atom stereocenters. The minimum Gasteiger partial charge on any atom is -0.192 e. The number of hydrogen-bond donors (Lipinski definition) is 0. The zero-order chi connectivity index (χ0) is 8.55. The van der Waals surface area contributed by atoms with Crippen LogP contribution < -0.4 is 0 Å². The SMILES string of the molecule is N#Cc1cccc(C2CC2)c1Br. The minimum atomic E-state index is 0.702. The van der Waals surface area contributed by atoms with Crippen LogP contribution in [0.3, 0.4) is 0 Å². The summed E-state index contributed by atoms with van der Waals surface area (Å²) in [6, 6.07) is 8.07. The second-order valence-electron chi connectivity index (χ2n) is 3.09. The molecule has 1 nitrogen and oxygen atoms in total. The van der Waals surface area contributed by atoms with Crippen LogP contribution in [0.5, 0.6) is 0 Å². The lowest BCUT2D eigenvalue weighted by Gasteiger charge is -2.02. The number of halogens is 1. The van der Waals surface area contributed by atoms with Gasteiger partial charge in [0.05, 0.1) is 5.56 Å². The van der Waals surface area contributed by atoms with E-state index in [-0.39, 0.29) is 0 Å². The van der Waals surface area contributed by atoms with Crippen LogP contribution in [0, 0.1) is 11.3 Å². The van der Waals surface area contributed by atoms with Crippen LogP contribution in [0.15, 0.2) is 22.7 Å². The zero-order valence-electron chi connectivity index (χ0n) is 6.55. The maximum absolute atomic E-state index is 8.77. The van der Waals surface area contributed by atoms with E-state index in [0.717, 1.165) is 10.0 Å². The van der Waals surface area contributed by atoms with Gasteiger partial charge in [-0.25, -0.2) is 0 Å². The van der Waals surface area contributed by atoms with E-state index >= 15 is 0 Å². The van der Waals surface area contributed by atoms with Crippen molar-refractivity contribution in [3.05, 3.63) is 33.8 Å². The molecule has 0 bridgehead atoms. The third-order valence-corrected chi connectivity index (χ3v) is 3.05. The summed E-state index contributed by atoms with van der Waals surface area (Å²) in [6.45, 7) is 0. The highest BCUT2D eigenvalue weighted by atomic mass is 79.9. The van der Waals surface area contributed by atoms with Gasteiger partial charge in [0.15, 0.2) is 0 Å². The van der Waals surface area contributed by atoms with E-state index in [2.05, 4.69) is 28.1 Å². The first-order valence-electron chi connectivity index (χ1n) is 4.01. The lowest BCUT2D eigenvalue weighted by molar-refractivity contribution is 1.11. The molecule has 0 spiro atoms. The monoisotopic (exact) mass is 221 g/mol. The normalized spacial score (nSPS) is 15.7.